The number of hydrogen-bond donors (Lipinski definition) is 1. The highest BCUT2D eigenvalue weighted by molar-refractivity contribution is 9.10. The lowest BCUT2D eigenvalue weighted by Gasteiger charge is -2.23. The molecule has 0 spiro atoms. The number of anilines is 1. The van der Waals surface area contributed by atoms with E-state index in [1.54, 1.807) is 6.20 Å². The molecule has 0 saturated carbocycles. The molecule has 1 aromatic carbocycles. The molecule has 2 aliphatic rings. The number of aromatic nitrogens is 2. The second-order valence-corrected chi connectivity index (χ2v) is 5.57. The second kappa shape index (κ2) is 4.85. The fourth-order valence-electron chi connectivity index (χ4n) is 2.39. The molecule has 0 radical (unpaired) electrons. The van der Waals surface area contributed by atoms with Crippen molar-refractivity contribution in [1.82, 2.24) is 9.97 Å². The van der Waals surface area contributed by atoms with Gasteiger partial charge in [-0.25, -0.2) is 9.97 Å². The molecule has 1 aliphatic carbocycles. The summed E-state index contributed by atoms with van der Waals surface area (Å²) in [6.07, 6.45) is 5.22. The topological polar surface area (TPSA) is 74.9 Å². The maximum atomic E-state index is 4.39. The van der Waals surface area contributed by atoms with Crippen LogP contribution in [0.25, 0.3) is 6.08 Å². The van der Waals surface area contributed by atoms with Crippen LogP contribution in [0.3, 0.4) is 0 Å². The summed E-state index contributed by atoms with van der Waals surface area (Å²) in [5.74, 6) is 0. The first-order valence-electron chi connectivity index (χ1n) is 6.34. The van der Waals surface area contributed by atoms with Crippen LogP contribution in [0.5, 0.6) is 0 Å². The molecule has 0 saturated heterocycles. The summed E-state index contributed by atoms with van der Waals surface area (Å²) in [5, 5.41) is 15.4. The van der Waals surface area contributed by atoms with E-state index in [-0.39, 0.29) is 6.04 Å². The van der Waals surface area contributed by atoms with Gasteiger partial charge in [-0.2, -0.15) is 0 Å². The van der Waals surface area contributed by atoms with Gasteiger partial charge < -0.3 is 5.32 Å². The van der Waals surface area contributed by atoms with E-state index in [0.717, 1.165) is 32.8 Å². The molecule has 0 bridgehead atoms. The van der Waals surface area contributed by atoms with Gasteiger partial charge in [0.1, 0.15) is 23.8 Å². The Balaban J connectivity index is 1.78. The first-order valence-corrected chi connectivity index (χ1v) is 7.13. The van der Waals surface area contributed by atoms with Gasteiger partial charge in [0, 0.05) is 21.9 Å². The lowest BCUT2D eigenvalue weighted by molar-refractivity contribution is 0.925. The molecule has 1 aromatic heterocycles. The highest BCUT2D eigenvalue weighted by Gasteiger charge is 2.32. The van der Waals surface area contributed by atoms with E-state index in [0.29, 0.717) is 0 Å². The molecule has 102 valence electrons. The van der Waals surface area contributed by atoms with E-state index in [2.05, 4.69) is 46.7 Å². The van der Waals surface area contributed by atoms with Crippen molar-refractivity contribution in [3.05, 3.63) is 58.2 Å². The third kappa shape index (κ3) is 2.15. The normalized spacial score (nSPS) is 18.6. The quantitative estimate of drug-likeness (QED) is 0.907. The molecule has 21 heavy (non-hydrogen) atoms. The van der Waals surface area contributed by atoms with Crippen LogP contribution in [0.15, 0.2) is 62.4 Å². The summed E-state index contributed by atoms with van der Waals surface area (Å²) in [5.41, 5.74) is 4.31. The van der Waals surface area contributed by atoms with Crippen LogP contribution in [0, 0.1) is 0 Å². The van der Waals surface area contributed by atoms with Gasteiger partial charge in [0.05, 0.1) is 5.69 Å². The molecule has 1 atom stereocenters. The third-order valence-electron chi connectivity index (χ3n) is 3.31. The van der Waals surface area contributed by atoms with Crippen LogP contribution in [0.2, 0.25) is 0 Å². The lowest BCUT2D eigenvalue weighted by atomic mass is 9.94. The smallest absolute Gasteiger partial charge is 0.121 e. The third-order valence-corrected chi connectivity index (χ3v) is 3.81. The van der Waals surface area contributed by atoms with Crippen LogP contribution in [-0.4, -0.2) is 15.7 Å². The fourth-order valence-corrected chi connectivity index (χ4v) is 2.79. The van der Waals surface area contributed by atoms with Crippen LogP contribution < -0.4 is 5.32 Å². The van der Waals surface area contributed by atoms with E-state index in [9.17, 15) is 0 Å². The Morgan fingerprint density at radius 2 is 2.19 bits per heavy atom. The van der Waals surface area contributed by atoms with Crippen LogP contribution in [0.1, 0.15) is 17.3 Å². The predicted octanol–water partition coefficient (Wildman–Crippen LogP) is 3.57. The van der Waals surface area contributed by atoms with Crippen molar-refractivity contribution in [1.29, 1.82) is 0 Å². The van der Waals surface area contributed by atoms with Crippen molar-refractivity contribution in [3.63, 3.8) is 0 Å². The van der Waals surface area contributed by atoms with Gasteiger partial charge >= 0.3 is 0 Å². The minimum atomic E-state index is -0.188. The monoisotopic (exact) mass is 340 g/mol. The SMILES string of the molecule is Brc1cccc(NC2C3=NN=NC3=Cc3cncnc32)c1. The summed E-state index contributed by atoms with van der Waals surface area (Å²) in [6, 6.07) is 7.76. The first kappa shape index (κ1) is 12.3. The van der Waals surface area contributed by atoms with E-state index in [1.165, 1.54) is 6.33 Å². The van der Waals surface area contributed by atoms with Gasteiger partial charge in [-0.15, -0.1) is 10.2 Å². The Labute approximate surface area is 128 Å². The van der Waals surface area contributed by atoms with Crippen molar-refractivity contribution in [2.45, 2.75) is 6.04 Å². The van der Waals surface area contributed by atoms with Gasteiger partial charge in [0.15, 0.2) is 0 Å². The molecule has 0 fully saturated rings. The van der Waals surface area contributed by atoms with Crippen LogP contribution >= 0.6 is 15.9 Å². The molecule has 1 unspecified atom stereocenters. The van der Waals surface area contributed by atoms with Crippen LogP contribution in [0.4, 0.5) is 5.69 Å². The van der Waals surface area contributed by atoms with Crippen LogP contribution in [-0.2, 0) is 0 Å². The minimum Gasteiger partial charge on any atom is -0.371 e. The summed E-state index contributed by atoms with van der Waals surface area (Å²) < 4.78 is 1.00. The number of fused-ring (bicyclic) bond motifs is 2. The van der Waals surface area contributed by atoms with E-state index >= 15 is 0 Å². The molecule has 6 nitrogen and oxygen atoms in total. The standard InChI is InChI=1S/C14H9BrN6/c15-9-2-1-3-10(5-9)18-14-12-8(6-16-7-17-12)4-11-13(14)20-21-19-11/h1-7,14,18H. The lowest BCUT2D eigenvalue weighted by Crippen LogP contribution is -2.26. The maximum absolute atomic E-state index is 4.39. The number of hydrogen-bond acceptors (Lipinski definition) is 6. The molecular formula is C14H9BrN6. The van der Waals surface area contributed by atoms with Crippen molar-refractivity contribution >= 4 is 33.4 Å². The zero-order valence-corrected chi connectivity index (χ0v) is 12.3. The zero-order chi connectivity index (χ0) is 14.2. The molecule has 1 N–H and O–H groups in total. The van der Waals surface area contributed by atoms with Crippen molar-refractivity contribution in [2.75, 3.05) is 5.32 Å². The average molecular weight is 341 g/mol. The van der Waals surface area contributed by atoms with Crippen molar-refractivity contribution in [2.24, 2.45) is 15.4 Å². The largest absolute Gasteiger partial charge is 0.371 e. The first-order chi connectivity index (χ1) is 10.3. The molecule has 7 heteroatoms. The highest BCUT2D eigenvalue weighted by Crippen LogP contribution is 2.34. The summed E-state index contributed by atoms with van der Waals surface area (Å²) in [6.45, 7) is 0. The molecular weight excluding hydrogens is 332 g/mol. The summed E-state index contributed by atoms with van der Waals surface area (Å²) in [4.78, 5) is 8.45. The summed E-state index contributed by atoms with van der Waals surface area (Å²) >= 11 is 3.47. The van der Waals surface area contributed by atoms with Crippen molar-refractivity contribution < 1.29 is 0 Å². The van der Waals surface area contributed by atoms with E-state index in [1.807, 2.05) is 30.3 Å². The Bertz CT molecular complexity index is 811. The predicted molar refractivity (Wildman–Crippen MR) is 82.8 cm³/mol. The Morgan fingerprint density at radius 3 is 3.10 bits per heavy atom. The number of rotatable bonds is 2. The summed E-state index contributed by atoms with van der Waals surface area (Å²) in [7, 11) is 0. The number of nitrogens with one attached hydrogen (secondary N) is 1. The highest BCUT2D eigenvalue weighted by atomic mass is 79.9. The Morgan fingerprint density at radius 1 is 1.24 bits per heavy atom. The molecule has 2 heterocycles. The maximum Gasteiger partial charge on any atom is 0.121 e. The zero-order valence-electron chi connectivity index (χ0n) is 10.7. The van der Waals surface area contributed by atoms with E-state index in [4.69, 9.17) is 0 Å². The molecule has 4 rings (SSSR count). The Kier molecular flexibility index (Phi) is 2.85. The molecule has 2 aromatic rings. The minimum absolute atomic E-state index is 0.188. The molecule has 0 amide bonds. The van der Waals surface area contributed by atoms with Gasteiger partial charge in [-0.3, -0.25) is 0 Å². The number of nitrogens with zero attached hydrogens (tertiary/aromatic N) is 5. The van der Waals surface area contributed by atoms with E-state index < -0.39 is 0 Å². The van der Waals surface area contributed by atoms with Gasteiger partial charge in [0.25, 0.3) is 0 Å². The van der Waals surface area contributed by atoms with Gasteiger partial charge in [0.2, 0.25) is 0 Å². The van der Waals surface area contributed by atoms with Gasteiger partial charge in [-0.1, -0.05) is 22.0 Å². The Hall–Kier alpha value is -2.41. The number of benzene rings is 1. The second-order valence-electron chi connectivity index (χ2n) is 4.66. The average Bonchev–Trinajstić information content (AvgIpc) is 2.95. The number of halogens is 1. The van der Waals surface area contributed by atoms with Gasteiger partial charge in [-0.05, 0) is 29.5 Å². The molecule has 1 aliphatic heterocycles. The van der Waals surface area contributed by atoms with Crippen molar-refractivity contribution in [3.8, 4) is 0 Å². The fraction of sp³-hybridized carbons (Fsp3) is 0.0714.